The SMILES string of the molecule is CC(C)C(CO)NCC1CCCCN1. The van der Waals surface area contributed by atoms with E-state index in [0.717, 1.165) is 13.1 Å². The number of aliphatic hydroxyl groups is 1. The summed E-state index contributed by atoms with van der Waals surface area (Å²) in [5.74, 6) is 0.503. The molecule has 0 aromatic rings. The molecule has 1 rings (SSSR count). The molecule has 0 amide bonds. The third kappa shape index (κ3) is 3.95. The quantitative estimate of drug-likeness (QED) is 0.613. The Labute approximate surface area is 87.3 Å². The maximum atomic E-state index is 9.14. The fraction of sp³-hybridized carbons (Fsp3) is 1.00. The number of rotatable bonds is 5. The van der Waals surface area contributed by atoms with Crippen LogP contribution >= 0.6 is 0 Å². The van der Waals surface area contributed by atoms with Gasteiger partial charge < -0.3 is 15.7 Å². The molecule has 0 aromatic carbocycles. The average Bonchev–Trinajstić information content (AvgIpc) is 2.20. The molecule has 1 fully saturated rings. The summed E-state index contributed by atoms with van der Waals surface area (Å²) in [5.41, 5.74) is 0. The molecule has 0 aromatic heterocycles. The van der Waals surface area contributed by atoms with Crippen LogP contribution in [0.4, 0.5) is 0 Å². The molecule has 84 valence electrons. The van der Waals surface area contributed by atoms with Crippen LogP contribution in [0.15, 0.2) is 0 Å². The van der Waals surface area contributed by atoms with E-state index in [1.165, 1.54) is 19.3 Å². The number of hydrogen-bond acceptors (Lipinski definition) is 3. The van der Waals surface area contributed by atoms with Crippen LogP contribution in [0.25, 0.3) is 0 Å². The Morgan fingerprint density at radius 3 is 2.71 bits per heavy atom. The summed E-state index contributed by atoms with van der Waals surface area (Å²) < 4.78 is 0. The lowest BCUT2D eigenvalue weighted by atomic mass is 10.0. The lowest BCUT2D eigenvalue weighted by Gasteiger charge is -2.27. The van der Waals surface area contributed by atoms with E-state index in [1.807, 2.05) is 0 Å². The fourth-order valence-corrected chi connectivity index (χ4v) is 1.90. The largest absolute Gasteiger partial charge is 0.395 e. The molecule has 0 radical (unpaired) electrons. The van der Waals surface area contributed by atoms with Crippen molar-refractivity contribution < 1.29 is 5.11 Å². The maximum absolute atomic E-state index is 9.14. The van der Waals surface area contributed by atoms with Crippen LogP contribution in [0.1, 0.15) is 33.1 Å². The fourth-order valence-electron chi connectivity index (χ4n) is 1.90. The lowest BCUT2D eigenvalue weighted by molar-refractivity contribution is 0.204. The van der Waals surface area contributed by atoms with Crippen LogP contribution in [0.2, 0.25) is 0 Å². The van der Waals surface area contributed by atoms with E-state index in [4.69, 9.17) is 5.11 Å². The zero-order chi connectivity index (χ0) is 10.4. The highest BCUT2D eigenvalue weighted by atomic mass is 16.3. The molecule has 1 heterocycles. The van der Waals surface area contributed by atoms with E-state index >= 15 is 0 Å². The summed E-state index contributed by atoms with van der Waals surface area (Å²) >= 11 is 0. The van der Waals surface area contributed by atoms with Crippen molar-refractivity contribution in [2.45, 2.75) is 45.2 Å². The van der Waals surface area contributed by atoms with Gasteiger partial charge in [-0.05, 0) is 25.3 Å². The van der Waals surface area contributed by atoms with Crippen LogP contribution in [-0.4, -0.2) is 36.9 Å². The van der Waals surface area contributed by atoms with Crippen molar-refractivity contribution >= 4 is 0 Å². The molecule has 0 aliphatic carbocycles. The summed E-state index contributed by atoms with van der Waals surface area (Å²) in [5, 5.41) is 16.1. The third-order valence-corrected chi connectivity index (χ3v) is 3.04. The maximum Gasteiger partial charge on any atom is 0.0587 e. The van der Waals surface area contributed by atoms with Gasteiger partial charge >= 0.3 is 0 Å². The summed E-state index contributed by atoms with van der Waals surface area (Å²) in [4.78, 5) is 0. The monoisotopic (exact) mass is 200 g/mol. The Bertz CT molecular complexity index is 144. The highest BCUT2D eigenvalue weighted by molar-refractivity contribution is 4.78. The highest BCUT2D eigenvalue weighted by Crippen LogP contribution is 2.07. The van der Waals surface area contributed by atoms with E-state index in [9.17, 15) is 0 Å². The van der Waals surface area contributed by atoms with Crippen molar-refractivity contribution in [2.24, 2.45) is 5.92 Å². The minimum atomic E-state index is 0.240. The molecule has 2 unspecified atom stereocenters. The number of aliphatic hydroxyl groups excluding tert-OH is 1. The number of nitrogens with one attached hydrogen (secondary N) is 2. The average molecular weight is 200 g/mol. The van der Waals surface area contributed by atoms with Crippen molar-refractivity contribution in [3.63, 3.8) is 0 Å². The van der Waals surface area contributed by atoms with Crippen LogP contribution < -0.4 is 10.6 Å². The Hall–Kier alpha value is -0.120. The van der Waals surface area contributed by atoms with Gasteiger partial charge in [0, 0.05) is 18.6 Å². The number of hydrogen-bond donors (Lipinski definition) is 3. The van der Waals surface area contributed by atoms with E-state index < -0.39 is 0 Å². The van der Waals surface area contributed by atoms with Gasteiger partial charge in [0.15, 0.2) is 0 Å². The van der Waals surface area contributed by atoms with Gasteiger partial charge in [0.2, 0.25) is 0 Å². The molecule has 0 saturated carbocycles. The van der Waals surface area contributed by atoms with Crippen molar-refractivity contribution in [3.05, 3.63) is 0 Å². The smallest absolute Gasteiger partial charge is 0.0587 e. The van der Waals surface area contributed by atoms with Crippen molar-refractivity contribution in [3.8, 4) is 0 Å². The standard InChI is InChI=1S/C11H24N2O/c1-9(2)11(8-14)13-7-10-5-3-4-6-12-10/h9-14H,3-8H2,1-2H3. The minimum Gasteiger partial charge on any atom is -0.395 e. The molecule has 1 aliphatic heterocycles. The normalized spacial score (nSPS) is 25.3. The van der Waals surface area contributed by atoms with Crippen LogP contribution in [0.5, 0.6) is 0 Å². The molecule has 3 N–H and O–H groups in total. The van der Waals surface area contributed by atoms with Gasteiger partial charge in [0.05, 0.1) is 6.61 Å². The first-order valence-electron chi connectivity index (χ1n) is 5.81. The zero-order valence-corrected chi connectivity index (χ0v) is 9.42. The van der Waals surface area contributed by atoms with Gasteiger partial charge in [-0.3, -0.25) is 0 Å². The summed E-state index contributed by atoms with van der Waals surface area (Å²) in [6.45, 7) is 6.66. The van der Waals surface area contributed by atoms with E-state index in [-0.39, 0.29) is 12.6 Å². The minimum absolute atomic E-state index is 0.240. The van der Waals surface area contributed by atoms with E-state index in [1.54, 1.807) is 0 Å². The Morgan fingerprint density at radius 1 is 1.43 bits per heavy atom. The van der Waals surface area contributed by atoms with Gasteiger partial charge in [-0.25, -0.2) is 0 Å². The van der Waals surface area contributed by atoms with Crippen LogP contribution in [0, 0.1) is 5.92 Å². The van der Waals surface area contributed by atoms with Gasteiger partial charge in [-0.15, -0.1) is 0 Å². The first-order valence-corrected chi connectivity index (χ1v) is 5.81. The molecule has 1 aliphatic rings. The van der Waals surface area contributed by atoms with Gasteiger partial charge in [-0.1, -0.05) is 20.3 Å². The van der Waals surface area contributed by atoms with Crippen molar-refractivity contribution in [2.75, 3.05) is 19.7 Å². The third-order valence-electron chi connectivity index (χ3n) is 3.04. The Morgan fingerprint density at radius 2 is 2.21 bits per heavy atom. The summed E-state index contributed by atoms with van der Waals surface area (Å²) in [6, 6.07) is 0.857. The molecule has 2 atom stereocenters. The predicted octanol–water partition coefficient (Wildman–Crippen LogP) is 0.735. The molecular weight excluding hydrogens is 176 g/mol. The molecule has 3 heteroatoms. The number of piperidine rings is 1. The van der Waals surface area contributed by atoms with Gasteiger partial charge in [-0.2, -0.15) is 0 Å². The highest BCUT2D eigenvalue weighted by Gasteiger charge is 2.16. The molecule has 14 heavy (non-hydrogen) atoms. The van der Waals surface area contributed by atoms with Crippen molar-refractivity contribution in [1.29, 1.82) is 0 Å². The molecule has 0 spiro atoms. The van der Waals surface area contributed by atoms with Crippen LogP contribution in [-0.2, 0) is 0 Å². The van der Waals surface area contributed by atoms with E-state index in [2.05, 4.69) is 24.5 Å². The van der Waals surface area contributed by atoms with Crippen molar-refractivity contribution in [1.82, 2.24) is 10.6 Å². The van der Waals surface area contributed by atoms with Crippen LogP contribution in [0.3, 0.4) is 0 Å². The first kappa shape index (κ1) is 12.0. The van der Waals surface area contributed by atoms with Gasteiger partial charge in [0.1, 0.15) is 0 Å². The Kier molecular flexibility index (Phi) is 5.45. The molecule has 0 bridgehead atoms. The Balaban J connectivity index is 2.16. The topological polar surface area (TPSA) is 44.3 Å². The van der Waals surface area contributed by atoms with Gasteiger partial charge in [0.25, 0.3) is 0 Å². The first-order chi connectivity index (χ1) is 6.74. The summed E-state index contributed by atoms with van der Waals surface area (Å²) in [6.07, 6.45) is 3.91. The lowest BCUT2D eigenvalue weighted by Crippen LogP contribution is -2.47. The predicted molar refractivity (Wildman–Crippen MR) is 59.4 cm³/mol. The summed E-state index contributed by atoms with van der Waals surface area (Å²) in [7, 11) is 0. The van der Waals surface area contributed by atoms with E-state index in [0.29, 0.717) is 12.0 Å². The second-order valence-corrected chi connectivity index (χ2v) is 4.59. The second kappa shape index (κ2) is 6.38. The molecule has 3 nitrogen and oxygen atoms in total. The zero-order valence-electron chi connectivity index (χ0n) is 9.42. The molecular formula is C11H24N2O. The molecule has 1 saturated heterocycles. The second-order valence-electron chi connectivity index (χ2n) is 4.59.